The molecule has 2 aliphatic heterocycles. The van der Waals surface area contributed by atoms with Crippen LogP contribution in [-0.2, 0) is 14.3 Å². The van der Waals surface area contributed by atoms with Gasteiger partial charge < -0.3 is 19.3 Å². The summed E-state index contributed by atoms with van der Waals surface area (Å²) in [6.07, 6.45) is 4.34. The van der Waals surface area contributed by atoms with Crippen molar-refractivity contribution in [2.45, 2.75) is 31.0 Å². The Morgan fingerprint density at radius 3 is 2.44 bits per heavy atom. The van der Waals surface area contributed by atoms with Gasteiger partial charge in [-0.25, -0.2) is 0 Å². The third-order valence-electron chi connectivity index (χ3n) is 6.12. The lowest BCUT2D eigenvalue weighted by Gasteiger charge is -2.52. The average Bonchev–Trinajstić information content (AvgIpc) is 2.85. The van der Waals surface area contributed by atoms with E-state index >= 15 is 0 Å². The van der Waals surface area contributed by atoms with Gasteiger partial charge in [-0.15, -0.1) is 0 Å². The van der Waals surface area contributed by atoms with Crippen molar-refractivity contribution in [3.63, 3.8) is 0 Å². The minimum Gasteiger partial charge on any atom is -0.382 e. The first-order valence-corrected chi connectivity index (χ1v) is 10.8. The fourth-order valence-corrected chi connectivity index (χ4v) is 4.42. The Morgan fingerprint density at radius 2 is 1.81 bits per heavy atom. The number of likely N-dealkylation sites (tertiary alicyclic amines) is 2. The van der Waals surface area contributed by atoms with Gasteiger partial charge in [-0.05, 0) is 54.8 Å². The second-order valence-electron chi connectivity index (χ2n) is 7.97. The van der Waals surface area contributed by atoms with E-state index in [1.54, 1.807) is 43.8 Å². The van der Waals surface area contributed by atoms with Crippen molar-refractivity contribution in [3.8, 4) is 6.07 Å². The molecule has 8 nitrogen and oxygen atoms in total. The Bertz CT molecular complexity index is 981. The van der Waals surface area contributed by atoms with E-state index < -0.39 is 6.10 Å². The number of rotatable bonds is 7. The van der Waals surface area contributed by atoms with Gasteiger partial charge in [0, 0.05) is 44.2 Å². The Labute approximate surface area is 187 Å². The standard InChI is InChI=1S/C24H26N4O4/c1-31-14-15-32-22-21(18-6-10-26-11-7-18)28(24(22)30)20-8-12-27(13-9-20)23(29)19-4-2-17(16-25)3-5-19/h2-7,10-11,20-22H,8-9,12-15H2,1H3/t21-,22+/m0/s1. The summed E-state index contributed by atoms with van der Waals surface area (Å²) in [7, 11) is 1.60. The van der Waals surface area contributed by atoms with Gasteiger partial charge in [0.1, 0.15) is 0 Å². The van der Waals surface area contributed by atoms with Gasteiger partial charge in [0.2, 0.25) is 0 Å². The maximum atomic E-state index is 13.0. The van der Waals surface area contributed by atoms with E-state index in [0.717, 1.165) is 5.56 Å². The molecule has 0 N–H and O–H groups in total. The molecule has 2 aliphatic rings. The molecule has 0 unspecified atom stereocenters. The number of nitriles is 1. The maximum absolute atomic E-state index is 13.0. The van der Waals surface area contributed by atoms with Gasteiger partial charge in [-0.2, -0.15) is 5.26 Å². The van der Waals surface area contributed by atoms with Gasteiger partial charge in [0.25, 0.3) is 11.8 Å². The summed E-state index contributed by atoms with van der Waals surface area (Å²) < 4.78 is 10.9. The zero-order valence-corrected chi connectivity index (χ0v) is 18.0. The molecule has 1 aromatic heterocycles. The highest BCUT2D eigenvalue weighted by Gasteiger charge is 2.52. The summed E-state index contributed by atoms with van der Waals surface area (Å²) in [5.41, 5.74) is 2.10. The lowest BCUT2D eigenvalue weighted by atomic mass is 9.86. The van der Waals surface area contributed by atoms with Crippen LogP contribution in [0.4, 0.5) is 0 Å². The Morgan fingerprint density at radius 1 is 1.12 bits per heavy atom. The molecule has 2 saturated heterocycles. The number of methoxy groups -OCH3 is 1. The monoisotopic (exact) mass is 434 g/mol. The van der Waals surface area contributed by atoms with Crippen LogP contribution in [0, 0.1) is 11.3 Å². The topological polar surface area (TPSA) is 95.8 Å². The van der Waals surface area contributed by atoms with Crippen LogP contribution in [0.25, 0.3) is 0 Å². The minimum atomic E-state index is -0.522. The van der Waals surface area contributed by atoms with E-state index in [2.05, 4.69) is 11.1 Å². The van der Waals surface area contributed by atoms with Crippen LogP contribution in [0.3, 0.4) is 0 Å². The molecule has 4 rings (SSSR count). The van der Waals surface area contributed by atoms with E-state index in [1.807, 2.05) is 21.9 Å². The number of ether oxygens (including phenoxy) is 2. The molecule has 0 bridgehead atoms. The third kappa shape index (κ3) is 4.35. The second-order valence-corrected chi connectivity index (χ2v) is 7.97. The van der Waals surface area contributed by atoms with Crippen LogP contribution in [0.15, 0.2) is 48.8 Å². The van der Waals surface area contributed by atoms with Crippen molar-refractivity contribution in [1.29, 1.82) is 5.26 Å². The van der Waals surface area contributed by atoms with Crippen LogP contribution in [0.1, 0.15) is 40.4 Å². The molecule has 32 heavy (non-hydrogen) atoms. The molecule has 0 spiro atoms. The number of hydrogen-bond acceptors (Lipinski definition) is 6. The lowest BCUT2D eigenvalue weighted by molar-refractivity contribution is -0.183. The first-order chi connectivity index (χ1) is 15.6. The van der Waals surface area contributed by atoms with Crippen LogP contribution >= 0.6 is 0 Å². The molecule has 2 amide bonds. The molecule has 166 valence electrons. The first kappa shape index (κ1) is 21.9. The van der Waals surface area contributed by atoms with Crippen molar-refractivity contribution >= 4 is 11.8 Å². The van der Waals surface area contributed by atoms with Gasteiger partial charge in [-0.1, -0.05) is 0 Å². The van der Waals surface area contributed by atoms with Crippen LogP contribution < -0.4 is 0 Å². The molecular weight excluding hydrogens is 408 g/mol. The first-order valence-electron chi connectivity index (χ1n) is 10.8. The summed E-state index contributed by atoms with van der Waals surface area (Å²) in [4.78, 5) is 33.6. The van der Waals surface area contributed by atoms with E-state index in [-0.39, 0.29) is 23.9 Å². The maximum Gasteiger partial charge on any atom is 0.255 e. The molecule has 0 saturated carbocycles. The van der Waals surface area contributed by atoms with E-state index in [4.69, 9.17) is 14.7 Å². The second kappa shape index (κ2) is 9.90. The highest BCUT2D eigenvalue weighted by Crippen LogP contribution is 2.40. The van der Waals surface area contributed by atoms with Gasteiger partial charge in [0.15, 0.2) is 6.10 Å². The van der Waals surface area contributed by atoms with Crippen LogP contribution in [0.5, 0.6) is 0 Å². The number of nitrogens with zero attached hydrogens (tertiary/aromatic N) is 4. The fraction of sp³-hybridized carbons (Fsp3) is 0.417. The molecule has 2 fully saturated rings. The zero-order chi connectivity index (χ0) is 22.5. The Hall–Kier alpha value is -3.28. The normalized spacial score (nSPS) is 21.2. The lowest BCUT2D eigenvalue weighted by Crippen LogP contribution is -2.65. The molecule has 1 aromatic carbocycles. The minimum absolute atomic E-state index is 0.0141. The van der Waals surface area contributed by atoms with E-state index in [0.29, 0.717) is 50.3 Å². The number of hydrogen-bond donors (Lipinski definition) is 0. The SMILES string of the molecule is COCCO[C@H]1C(=O)N(C2CCN(C(=O)c3ccc(C#N)cc3)CC2)[C@H]1c1ccncc1. The number of piperidine rings is 1. The number of amides is 2. The number of carbonyl (C=O) groups is 2. The summed E-state index contributed by atoms with van der Waals surface area (Å²) in [5, 5.41) is 8.93. The van der Waals surface area contributed by atoms with Crippen molar-refractivity contribution in [1.82, 2.24) is 14.8 Å². The smallest absolute Gasteiger partial charge is 0.255 e. The number of carbonyl (C=O) groups excluding carboxylic acids is 2. The molecular formula is C24H26N4O4. The summed E-state index contributed by atoms with van der Waals surface area (Å²) in [5.74, 6) is -0.0610. The summed E-state index contributed by atoms with van der Waals surface area (Å²) >= 11 is 0. The molecule has 2 aromatic rings. The van der Waals surface area contributed by atoms with Gasteiger partial charge >= 0.3 is 0 Å². The van der Waals surface area contributed by atoms with Crippen molar-refractivity contribution < 1.29 is 19.1 Å². The van der Waals surface area contributed by atoms with E-state index in [9.17, 15) is 9.59 Å². The highest BCUT2D eigenvalue weighted by molar-refractivity contribution is 5.94. The summed E-state index contributed by atoms with van der Waals surface area (Å²) in [6.45, 7) is 1.94. The highest BCUT2D eigenvalue weighted by atomic mass is 16.5. The zero-order valence-electron chi connectivity index (χ0n) is 18.0. The molecule has 8 heteroatoms. The molecule has 0 radical (unpaired) electrons. The van der Waals surface area contributed by atoms with Gasteiger partial charge in [-0.3, -0.25) is 14.6 Å². The Balaban J connectivity index is 1.41. The predicted octanol–water partition coefficient (Wildman–Crippen LogP) is 2.17. The van der Waals surface area contributed by atoms with Crippen LogP contribution in [-0.4, -0.2) is 72.2 Å². The van der Waals surface area contributed by atoms with Gasteiger partial charge in [0.05, 0.1) is 30.9 Å². The Kier molecular flexibility index (Phi) is 6.78. The molecule has 3 heterocycles. The van der Waals surface area contributed by atoms with E-state index in [1.165, 1.54) is 0 Å². The van der Waals surface area contributed by atoms with Crippen LogP contribution in [0.2, 0.25) is 0 Å². The quantitative estimate of drug-likeness (QED) is 0.490. The average molecular weight is 434 g/mol. The van der Waals surface area contributed by atoms with Crippen molar-refractivity contribution in [3.05, 3.63) is 65.5 Å². The fourth-order valence-electron chi connectivity index (χ4n) is 4.42. The molecule has 0 aliphatic carbocycles. The molecule has 2 atom stereocenters. The number of aromatic nitrogens is 1. The van der Waals surface area contributed by atoms with Crippen molar-refractivity contribution in [2.24, 2.45) is 0 Å². The number of β-lactam (4-membered cyclic amide) rings is 1. The number of benzene rings is 1. The summed E-state index contributed by atoms with van der Waals surface area (Å²) in [6, 6.07) is 12.5. The van der Waals surface area contributed by atoms with Crippen molar-refractivity contribution in [2.75, 3.05) is 33.4 Å². The largest absolute Gasteiger partial charge is 0.382 e. The predicted molar refractivity (Wildman–Crippen MR) is 116 cm³/mol. The number of pyridine rings is 1. The third-order valence-corrected chi connectivity index (χ3v) is 6.12.